The molecule has 1 saturated carbocycles. The Morgan fingerprint density at radius 3 is 3.00 bits per heavy atom. The average molecular weight is 253 g/mol. The number of aromatic nitrogens is 1. The average Bonchev–Trinajstić information content (AvgIpc) is 2.81. The summed E-state index contributed by atoms with van der Waals surface area (Å²) in [6.45, 7) is 1.35. The fourth-order valence-corrected chi connectivity index (χ4v) is 2.52. The molecule has 92 valence electrons. The van der Waals surface area contributed by atoms with E-state index in [1.807, 2.05) is 0 Å². The summed E-state index contributed by atoms with van der Waals surface area (Å²) in [5.41, 5.74) is 0.505. The summed E-state index contributed by atoms with van der Waals surface area (Å²) in [7, 11) is 0. The number of anilines is 1. The van der Waals surface area contributed by atoms with E-state index in [2.05, 4.69) is 15.6 Å². The molecule has 1 atom stereocenters. The molecule has 1 aliphatic heterocycles. The van der Waals surface area contributed by atoms with Crippen LogP contribution in [0.25, 0.3) is 0 Å². The largest absolute Gasteiger partial charge is 0.379 e. The molecule has 2 aliphatic rings. The molecule has 1 aromatic rings. The van der Waals surface area contributed by atoms with Gasteiger partial charge in [0.2, 0.25) is 0 Å². The van der Waals surface area contributed by atoms with Crippen LogP contribution in [0, 0.1) is 0 Å². The van der Waals surface area contributed by atoms with E-state index >= 15 is 0 Å². The highest BCUT2D eigenvalue weighted by Crippen LogP contribution is 2.26. The molecule has 1 aliphatic carbocycles. The topological polar surface area (TPSA) is 63.2 Å². The van der Waals surface area contributed by atoms with Crippen LogP contribution in [0.3, 0.4) is 0 Å². The Bertz CT molecular complexity index is 411. The molecule has 5 nitrogen and oxygen atoms in total. The van der Waals surface area contributed by atoms with Gasteiger partial charge in [0, 0.05) is 18.0 Å². The van der Waals surface area contributed by atoms with Crippen molar-refractivity contribution in [2.45, 2.75) is 31.3 Å². The van der Waals surface area contributed by atoms with Crippen LogP contribution in [0.4, 0.5) is 5.13 Å². The van der Waals surface area contributed by atoms with Gasteiger partial charge in [-0.25, -0.2) is 4.98 Å². The number of amides is 1. The zero-order valence-corrected chi connectivity index (χ0v) is 10.3. The van der Waals surface area contributed by atoms with Crippen molar-refractivity contribution in [2.24, 2.45) is 0 Å². The summed E-state index contributed by atoms with van der Waals surface area (Å²) in [5, 5.41) is 8.87. The highest BCUT2D eigenvalue weighted by Gasteiger charge is 2.23. The van der Waals surface area contributed by atoms with E-state index in [9.17, 15) is 4.79 Å². The first-order chi connectivity index (χ1) is 8.31. The third-order valence-corrected chi connectivity index (χ3v) is 3.68. The van der Waals surface area contributed by atoms with Crippen LogP contribution < -0.4 is 10.6 Å². The van der Waals surface area contributed by atoms with Gasteiger partial charge < -0.3 is 15.4 Å². The fourth-order valence-electron chi connectivity index (χ4n) is 1.75. The van der Waals surface area contributed by atoms with Gasteiger partial charge >= 0.3 is 0 Å². The van der Waals surface area contributed by atoms with E-state index in [4.69, 9.17) is 4.74 Å². The van der Waals surface area contributed by atoms with Crippen LogP contribution in [0.1, 0.15) is 29.8 Å². The van der Waals surface area contributed by atoms with Crippen LogP contribution in [-0.2, 0) is 4.74 Å². The van der Waals surface area contributed by atoms with E-state index in [0.717, 1.165) is 18.2 Å². The van der Waals surface area contributed by atoms with Crippen LogP contribution in [0.2, 0.25) is 0 Å². The van der Waals surface area contributed by atoms with E-state index in [1.165, 1.54) is 24.2 Å². The van der Waals surface area contributed by atoms with Crippen molar-refractivity contribution in [1.82, 2.24) is 10.3 Å². The van der Waals surface area contributed by atoms with Crippen molar-refractivity contribution < 1.29 is 9.53 Å². The van der Waals surface area contributed by atoms with Crippen LogP contribution in [0.5, 0.6) is 0 Å². The summed E-state index contributed by atoms with van der Waals surface area (Å²) >= 11 is 1.49. The number of hydrogen-bond acceptors (Lipinski definition) is 5. The maximum atomic E-state index is 11.9. The number of hydrogen-bond donors (Lipinski definition) is 2. The first-order valence-electron chi connectivity index (χ1n) is 5.92. The standard InChI is InChI=1S/C11H15N3O2S/c15-10(12-8-3-4-16-5-8)9-6-17-11(14-9)13-7-1-2-7/h6-8H,1-5H2,(H,12,15)(H,13,14)/t8-/m1/s1. The lowest BCUT2D eigenvalue weighted by Gasteiger charge is -2.08. The molecule has 0 spiro atoms. The molecular weight excluding hydrogens is 238 g/mol. The Labute approximate surface area is 104 Å². The molecule has 0 bridgehead atoms. The quantitative estimate of drug-likeness (QED) is 0.847. The predicted molar refractivity (Wildman–Crippen MR) is 65.4 cm³/mol. The van der Waals surface area contributed by atoms with Gasteiger partial charge in [-0.05, 0) is 19.3 Å². The molecule has 0 unspecified atom stereocenters. The smallest absolute Gasteiger partial charge is 0.271 e. The lowest BCUT2D eigenvalue weighted by Crippen LogP contribution is -2.35. The molecule has 17 heavy (non-hydrogen) atoms. The Morgan fingerprint density at radius 1 is 1.41 bits per heavy atom. The highest BCUT2D eigenvalue weighted by molar-refractivity contribution is 7.13. The second-order valence-corrected chi connectivity index (χ2v) is 5.35. The minimum Gasteiger partial charge on any atom is -0.379 e. The number of ether oxygens (including phenoxy) is 1. The molecule has 0 aromatic carbocycles. The minimum atomic E-state index is -0.0967. The number of nitrogens with zero attached hydrogens (tertiary/aromatic N) is 1. The number of carbonyl (C=O) groups excluding carboxylic acids is 1. The third-order valence-electron chi connectivity index (χ3n) is 2.91. The molecule has 1 amide bonds. The summed E-state index contributed by atoms with van der Waals surface area (Å²) in [6.07, 6.45) is 3.31. The lowest BCUT2D eigenvalue weighted by atomic mass is 10.2. The van der Waals surface area contributed by atoms with Gasteiger partial charge in [0.15, 0.2) is 5.13 Å². The van der Waals surface area contributed by atoms with Crippen molar-refractivity contribution in [3.05, 3.63) is 11.1 Å². The fraction of sp³-hybridized carbons (Fsp3) is 0.636. The number of thiazole rings is 1. The van der Waals surface area contributed by atoms with Crippen LogP contribution >= 0.6 is 11.3 Å². The van der Waals surface area contributed by atoms with E-state index in [0.29, 0.717) is 18.3 Å². The van der Waals surface area contributed by atoms with Gasteiger partial charge in [0.25, 0.3) is 5.91 Å². The summed E-state index contributed by atoms with van der Waals surface area (Å²) in [5.74, 6) is -0.0967. The van der Waals surface area contributed by atoms with Gasteiger partial charge in [-0.15, -0.1) is 11.3 Å². The Morgan fingerprint density at radius 2 is 2.29 bits per heavy atom. The second kappa shape index (κ2) is 4.62. The Hall–Kier alpha value is -1.14. The molecule has 1 saturated heterocycles. The second-order valence-electron chi connectivity index (χ2n) is 4.49. The molecule has 6 heteroatoms. The van der Waals surface area contributed by atoms with Gasteiger partial charge in [0.1, 0.15) is 5.69 Å². The predicted octanol–water partition coefficient (Wildman–Crippen LogP) is 1.24. The van der Waals surface area contributed by atoms with Crippen molar-refractivity contribution in [3.63, 3.8) is 0 Å². The minimum absolute atomic E-state index is 0.0967. The van der Waals surface area contributed by atoms with E-state index in [1.54, 1.807) is 5.38 Å². The SMILES string of the molecule is O=C(N[C@@H]1CCOC1)c1csc(NC2CC2)n1. The summed E-state index contributed by atoms with van der Waals surface area (Å²) < 4.78 is 5.22. The number of carbonyl (C=O) groups is 1. The van der Waals surface area contributed by atoms with Crippen molar-refractivity contribution in [3.8, 4) is 0 Å². The zero-order valence-electron chi connectivity index (χ0n) is 9.44. The highest BCUT2D eigenvalue weighted by atomic mass is 32.1. The van der Waals surface area contributed by atoms with Gasteiger partial charge in [-0.1, -0.05) is 0 Å². The number of rotatable bonds is 4. The van der Waals surface area contributed by atoms with Crippen molar-refractivity contribution in [1.29, 1.82) is 0 Å². The van der Waals surface area contributed by atoms with Gasteiger partial charge in [-0.3, -0.25) is 4.79 Å². The normalized spacial score (nSPS) is 23.6. The summed E-state index contributed by atoms with van der Waals surface area (Å²) in [6, 6.07) is 0.712. The van der Waals surface area contributed by atoms with Gasteiger partial charge in [0.05, 0.1) is 12.6 Å². The van der Waals surface area contributed by atoms with E-state index < -0.39 is 0 Å². The maximum absolute atomic E-state index is 11.9. The van der Waals surface area contributed by atoms with Crippen molar-refractivity contribution >= 4 is 22.4 Å². The molecule has 1 aromatic heterocycles. The third kappa shape index (κ3) is 2.76. The first kappa shape index (κ1) is 11.0. The maximum Gasteiger partial charge on any atom is 0.271 e. The number of nitrogens with one attached hydrogen (secondary N) is 2. The first-order valence-corrected chi connectivity index (χ1v) is 6.80. The zero-order chi connectivity index (χ0) is 11.7. The van der Waals surface area contributed by atoms with Crippen molar-refractivity contribution in [2.75, 3.05) is 18.5 Å². The van der Waals surface area contributed by atoms with Crippen LogP contribution in [-0.4, -0.2) is 36.2 Å². The van der Waals surface area contributed by atoms with E-state index in [-0.39, 0.29) is 11.9 Å². The molecule has 2 N–H and O–H groups in total. The Kier molecular flexibility index (Phi) is 2.98. The van der Waals surface area contributed by atoms with Gasteiger partial charge in [-0.2, -0.15) is 0 Å². The Balaban J connectivity index is 1.57. The lowest BCUT2D eigenvalue weighted by molar-refractivity contribution is 0.0925. The molecular formula is C11H15N3O2S. The molecule has 2 fully saturated rings. The summed E-state index contributed by atoms with van der Waals surface area (Å²) in [4.78, 5) is 16.2. The molecule has 0 radical (unpaired) electrons. The molecule has 2 heterocycles. The molecule has 3 rings (SSSR count). The monoisotopic (exact) mass is 253 g/mol. The van der Waals surface area contributed by atoms with Crippen LogP contribution in [0.15, 0.2) is 5.38 Å².